The first-order chi connectivity index (χ1) is 6.09. The first-order valence-corrected chi connectivity index (χ1v) is 4.72. The van der Waals surface area contributed by atoms with Crippen LogP contribution in [0.5, 0.6) is 0 Å². The van der Waals surface area contributed by atoms with Crippen molar-refractivity contribution in [1.29, 1.82) is 0 Å². The van der Waals surface area contributed by atoms with E-state index < -0.39 is 0 Å². The van der Waals surface area contributed by atoms with Crippen molar-refractivity contribution in [2.45, 2.75) is 6.92 Å². The summed E-state index contributed by atoms with van der Waals surface area (Å²) >= 11 is 3.19. The topological polar surface area (TPSA) is 12.0 Å². The molecule has 0 aliphatic rings. The number of rotatable bonds is 3. The Hall–Kier alpha value is -0.830. The minimum atomic E-state index is -0.254. The van der Waals surface area contributed by atoms with Gasteiger partial charge in [-0.2, -0.15) is 0 Å². The van der Waals surface area contributed by atoms with Crippen molar-refractivity contribution in [2.24, 2.45) is 0 Å². The Kier molecular flexibility index (Phi) is 3.48. The van der Waals surface area contributed by atoms with Gasteiger partial charge in [0.2, 0.25) is 0 Å². The summed E-state index contributed by atoms with van der Waals surface area (Å²) in [5.74, 6) is -0.254. The molecule has 1 aromatic carbocycles. The van der Waals surface area contributed by atoms with E-state index in [0.717, 1.165) is 10.0 Å². The maximum atomic E-state index is 13.2. The fraction of sp³-hybridized carbons (Fsp3) is 0.200. The lowest BCUT2D eigenvalue weighted by molar-refractivity contribution is 0.630. The summed E-state index contributed by atoms with van der Waals surface area (Å²) in [6, 6.07) is 4.92. The van der Waals surface area contributed by atoms with E-state index in [9.17, 15) is 4.39 Å². The molecular weight excluding hydrogens is 233 g/mol. The summed E-state index contributed by atoms with van der Waals surface area (Å²) in [5, 5.41) is 2.94. The highest BCUT2D eigenvalue weighted by molar-refractivity contribution is 9.10. The number of nitrogens with one attached hydrogen (secondary N) is 1. The molecule has 0 unspecified atom stereocenters. The van der Waals surface area contributed by atoms with Crippen molar-refractivity contribution in [3.8, 4) is 0 Å². The second-order valence-electron chi connectivity index (χ2n) is 2.93. The third-order valence-electron chi connectivity index (χ3n) is 1.51. The van der Waals surface area contributed by atoms with E-state index in [1.54, 1.807) is 12.1 Å². The normalized spacial score (nSPS) is 9.77. The molecule has 0 radical (unpaired) electrons. The van der Waals surface area contributed by atoms with Gasteiger partial charge in [0.15, 0.2) is 0 Å². The molecule has 0 fully saturated rings. The van der Waals surface area contributed by atoms with Crippen LogP contribution in [-0.2, 0) is 0 Å². The van der Waals surface area contributed by atoms with E-state index in [1.165, 1.54) is 6.07 Å². The summed E-state index contributed by atoms with van der Waals surface area (Å²) in [6.07, 6.45) is 0. The summed E-state index contributed by atoms with van der Waals surface area (Å²) in [4.78, 5) is 0. The van der Waals surface area contributed by atoms with Gasteiger partial charge in [0.05, 0.1) is 5.69 Å². The van der Waals surface area contributed by atoms with Gasteiger partial charge in [-0.1, -0.05) is 28.1 Å². The van der Waals surface area contributed by atoms with E-state index in [0.29, 0.717) is 12.2 Å². The SMILES string of the molecule is C=C(C)CNc1ccc(Br)cc1F. The zero-order valence-corrected chi connectivity index (χ0v) is 8.99. The van der Waals surface area contributed by atoms with Gasteiger partial charge in [-0.25, -0.2) is 4.39 Å². The maximum absolute atomic E-state index is 13.2. The van der Waals surface area contributed by atoms with Gasteiger partial charge in [-0.05, 0) is 25.1 Å². The van der Waals surface area contributed by atoms with Gasteiger partial charge in [-0.3, -0.25) is 0 Å². The Morgan fingerprint density at radius 1 is 1.62 bits per heavy atom. The first-order valence-electron chi connectivity index (χ1n) is 3.93. The molecule has 0 aromatic heterocycles. The highest BCUT2D eigenvalue weighted by atomic mass is 79.9. The van der Waals surface area contributed by atoms with Crippen LogP contribution in [-0.4, -0.2) is 6.54 Å². The lowest BCUT2D eigenvalue weighted by Crippen LogP contribution is -2.03. The predicted molar refractivity (Wildman–Crippen MR) is 57.4 cm³/mol. The molecular formula is C10H11BrFN. The quantitative estimate of drug-likeness (QED) is 0.801. The average molecular weight is 244 g/mol. The van der Waals surface area contributed by atoms with Gasteiger partial charge >= 0.3 is 0 Å². The fourth-order valence-corrected chi connectivity index (χ4v) is 1.21. The fourth-order valence-electron chi connectivity index (χ4n) is 0.879. The predicted octanol–water partition coefficient (Wildman–Crippen LogP) is 3.58. The van der Waals surface area contributed by atoms with Crippen LogP contribution in [0.2, 0.25) is 0 Å². The standard InChI is InChI=1S/C10H11BrFN/c1-7(2)6-13-10-4-3-8(11)5-9(10)12/h3-5,13H,1,6H2,2H3. The molecule has 1 nitrogen and oxygen atoms in total. The highest BCUT2D eigenvalue weighted by Crippen LogP contribution is 2.19. The second kappa shape index (κ2) is 4.42. The average Bonchev–Trinajstić information content (AvgIpc) is 2.02. The van der Waals surface area contributed by atoms with Crippen molar-refractivity contribution in [3.05, 3.63) is 40.6 Å². The molecule has 1 rings (SSSR count). The van der Waals surface area contributed by atoms with Crippen molar-refractivity contribution in [3.63, 3.8) is 0 Å². The molecule has 0 bridgehead atoms. The Balaban J connectivity index is 2.72. The summed E-state index contributed by atoms with van der Waals surface area (Å²) < 4.78 is 13.9. The Labute approximate surface area is 85.8 Å². The molecule has 1 aromatic rings. The molecule has 0 saturated carbocycles. The molecule has 0 aliphatic heterocycles. The zero-order chi connectivity index (χ0) is 9.84. The van der Waals surface area contributed by atoms with Crippen LogP contribution in [0, 0.1) is 5.82 Å². The van der Waals surface area contributed by atoms with Crippen LogP contribution in [0.3, 0.4) is 0 Å². The Morgan fingerprint density at radius 3 is 2.85 bits per heavy atom. The largest absolute Gasteiger partial charge is 0.379 e. The van der Waals surface area contributed by atoms with Crippen molar-refractivity contribution in [2.75, 3.05) is 11.9 Å². The van der Waals surface area contributed by atoms with Crippen LogP contribution in [0.25, 0.3) is 0 Å². The van der Waals surface area contributed by atoms with Crippen LogP contribution < -0.4 is 5.32 Å². The van der Waals surface area contributed by atoms with Crippen LogP contribution in [0.15, 0.2) is 34.8 Å². The number of anilines is 1. The van der Waals surface area contributed by atoms with Gasteiger partial charge in [-0.15, -0.1) is 0 Å². The minimum absolute atomic E-state index is 0.254. The van der Waals surface area contributed by atoms with Crippen LogP contribution in [0.4, 0.5) is 10.1 Å². The molecule has 1 N–H and O–H groups in total. The third kappa shape index (κ3) is 3.19. The molecule has 0 spiro atoms. The molecule has 0 atom stereocenters. The number of halogens is 2. The summed E-state index contributed by atoms with van der Waals surface area (Å²) in [5.41, 5.74) is 1.48. The van der Waals surface area contributed by atoms with Gasteiger partial charge in [0, 0.05) is 11.0 Å². The van der Waals surface area contributed by atoms with Crippen molar-refractivity contribution < 1.29 is 4.39 Å². The lowest BCUT2D eigenvalue weighted by atomic mass is 10.3. The molecule has 3 heteroatoms. The molecule has 70 valence electrons. The van der Waals surface area contributed by atoms with Crippen LogP contribution >= 0.6 is 15.9 Å². The zero-order valence-electron chi connectivity index (χ0n) is 7.40. The Morgan fingerprint density at radius 2 is 2.31 bits per heavy atom. The molecule has 0 saturated heterocycles. The maximum Gasteiger partial charge on any atom is 0.147 e. The van der Waals surface area contributed by atoms with E-state index in [1.807, 2.05) is 6.92 Å². The molecule has 0 aliphatic carbocycles. The van der Waals surface area contributed by atoms with Crippen molar-refractivity contribution in [1.82, 2.24) is 0 Å². The van der Waals surface area contributed by atoms with Crippen LogP contribution in [0.1, 0.15) is 6.92 Å². The van der Waals surface area contributed by atoms with Crippen molar-refractivity contribution >= 4 is 21.6 Å². The van der Waals surface area contributed by atoms with Gasteiger partial charge < -0.3 is 5.32 Å². The van der Waals surface area contributed by atoms with E-state index in [-0.39, 0.29) is 5.82 Å². The smallest absolute Gasteiger partial charge is 0.147 e. The second-order valence-corrected chi connectivity index (χ2v) is 3.85. The molecule has 13 heavy (non-hydrogen) atoms. The monoisotopic (exact) mass is 243 g/mol. The lowest BCUT2D eigenvalue weighted by Gasteiger charge is -2.06. The molecule has 0 amide bonds. The first kappa shape index (κ1) is 10.3. The highest BCUT2D eigenvalue weighted by Gasteiger charge is 2.00. The summed E-state index contributed by atoms with van der Waals surface area (Å²) in [7, 11) is 0. The van der Waals surface area contributed by atoms with Gasteiger partial charge in [0.25, 0.3) is 0 Å². The van der Waals surface area contributed by atoms with Gasteiger partial charge in [0.1, 0.15) is 5.82 Å². The third-order valence-corrected chi connectivity index (χ3v) is 2.00. The summed E-state index contributed by atoms with van der Waals surface area (Å²) in [6.45, 7) is 6.21. The minimum Gasteiger partial charge on any atom is -0.379 e. The number of hydrogen-bond donors (Lipinski definition) is 1. The van der Waals surface area contributed by atoms with E-state index in [4.69, 9.17) is 0 Å². The van der Waals surface area contributed by atoms with E-state index >= 15 is 0 Å². The van der Waals surface area contributed by atoms with E-state index in [2.05, 4.69) is 27.8 Å². The number of benzene rings is 1. The number of hydrogen-bond acceptors (Lipinski definition) is 1. The molecule has 0 heterocycles. The Bertz CT molecular complexity index is 323.